The summed E-state index contributed by atoms with van der Waals surface area (Å²) < 4.78 is 6.76. The highest BCUT2D eigenvalue weighted by Crippen LogP contribution is 2.44. The van der Waals surface area contributed by atoms with Crippen LogP contribution in [-0.4, -0.2) is 9.97 Å². The van der Waals surface area contributed by atoms with E-state index in [2.05, 4.69) is 97.1 Å². The van der Waals surface area contributed by atoms with Crippen molar-refractivity contribution in [3.8, 4) is 33.9 Å². The molecule has 2 aromatic heterocycles. The Bertz CT molecular complexity index is 2400. The maximum absolute atomic E-state index is 6.76. The monoisotopic (exact) mass is 548 g/mol. The standard InChI is InChI=1S/C40H24N2O/c1-3-12-25(13-4-1)34-24-35(26-14-5-2-6-15-26)42-40(41-34)33-20-11-21-36-37(33)32-23-22-31-29-18-8-7-16-27(29)28-17-9-10-19-30(28)38(31)39(32)43-36/h1-24H. The summed E-state index contributed by atoms with van der Waals surface area (Å²) >= 11 is 0. The lowest BCUT2D eigenvalue weighted by Gasteiger charge is -2.11. The van der Waals surface area contributed by atoms with Crippen molar-refractivity contribution in [2.75, 3.05) is 0 Å². The minimum absolute atomic E-state index is 0.678. The van der Waals surface area contributed by atoms with Crippen LogP contribution in [0.4, 0.5) is 0 Å². The average Bonchev–Trinajstić information content (AvgIpc) is 3.48. The lowest BCUT2D eigenvalue weighted by molar-refractivity contribution is 0.673. The van der Waals surface area contributed by atoms with E-state index in [1.807, 2.05) is 48.5 Å². The summed E-state index contributed by atoms with van der Waals surface area (Å²) in [5.74, 6) is 0.678. The highest BCUT2D eigenvalue weighted by Gasteiger charge is 2.20. The Morgan fingerprint density at radius 2 is 0.907 bits per heavy atom. The third kappa shape index (κ3) is 3.68. The molecule has 0 bridgehead atoms. The van der Waals surface area contributed by atoms with E-state index in [0.717, 1.165) is 55.4 Å². The zero-order valence-corrected chi connectivity index (χ0v) is 23.2. The number of fused-ring (bicyclic) bond motifs is 10. The third-order valence-corrected chi connectivity index (χ3v) is 8.48. The van der Waals surface area contributed by atoms with Gasteiger partial charge in [0.15, 0.2) is 5.82 Å². The van der Waals surface area contributed by atoms with Crippen molar-refractivity contribution in [2.45, 2.75) is 0 Å². The predicted octanol–water partition coefficient (Wildman–Crippen LogP) is 10.8. The van der Waals surface area contributed by atoms with Crippen LogP contribution in [0.25, 0.3) is 88.2 Å². The summed E-state index contributed by atoms with van der Waals surface area (Å²) in [5.41, 5.74) is 6.55. The molecule has 0 fully saturated rings. The van der Waals surface area contributed by atoms with Crippen molar-refractivity contribution in [2.24, 2.45) is 0 Å². The van der Waals surface area contributed by atoms with Crippen LogP contribution in [-0.2, 0) is 0 Å². The molecule has 3 heteroatoms. The number of rotatable bonds is 3. The van der Waals surface area contributed by atoms with Crippen LogP contribution >= 0.6 is 0 Å². The Labute approximate surface area is 247 Å². The number of aromatic nitrogens is 2. The highest BCUT2D eigenvalue weighted by molar-refractivity contribution is 6.32. The lowest BCUT2D eigenvalue weighted by Crippen LogP contribution is -1.96. The summed E-state index contributed by atoms with van der Waals surface area (Å²) in [7, 11) is 0. The van der Waals surface area contributed by atoms with Gasteiger partial charge in [-0.2, -0.15) is 0 Å². The number of hydrogen-bond donors (Lipinski definition) is 0. The summed E-state index contributed by atoms with van der Waals surface area (Å²) in [6.07, 6.45) is 0. The minimum Gasteiger partial charge on any atom is -0.455 e. The molecule has 3 nitrogen and oxygen atoms in total. The van der Waals surface area contributed by atoms with Gasteiger partial charge in [0.05, 0.1) is 11.4 Å². The Morgan fingerprint density at radius 3 is 1.53 bits per heavy atom. The number of furan rings is 1. The molecule has 0 aliphatic carbocycles. The van der Waals surface area contributed by atoms with Crippen LogP contribution in [0.15, 0.2) is 150 Å². The van der Waals surface area contributed by atoms with Crippen molar-refractivity contribution in [3.63, 3.8) is 0 Å². The summed E-state index contributed by atoms with van der Waals surface area (Å²) in [5, 5.41) is 9.32. The highest BCUT2D eigenvalue weighted by atomic mass is 16.3. The van der Waals surface area contributed by atoms with E-state index in [9.17, 15) is 0 Å². The first-order valence-corrected chi connectivity index (χ1v) is 14.5. The molecular weight excluding hydrogens is 524 g/mol. The van der Waals surface area contributed by atoms with E-state index < -0.39 is 0 Å². The van der Waals surface area contributed by atoms with Gasteiger partial charge in [0.2, 0.25) is 0 Å². The van der Waals surface area contributed by atoms with Crippen molar-refractivity contribution in [3.05, 3.63) is 146 Å². The third-order valence-electron chi connectivity index (χ3n) is 8.48. The van der Waals surface area contributed by atoms with Gasteiger partial charge in [-0.15, -0.1) is 0 Å². The molecule has 0 aliphatic rings. The Balaban J connectivity index is 1.38. The van der Waals surface area contributed by atoms with Gasteiger partial charge in [0, 0.05) is 32.8 Å². The molecule has 0 unspecified atom stereocenters. The van der Waals surface area contributed by atoms with Gasteiger partial charge in [-0.1, -0.05) is 127 Å². The van der Waals surface area contributed by atoms with E-state index in [0.29, 0.717) is 5.82 Å². The van der Waals surface area contributed by atoms with Crippen LogP contribution in [0.5, 0.6) is 0 Å². The first-order chi connectivity index (χ1) is 21.3. The second kappa shape index (κ2) is 9.37. The fourth-order valence-electron chi connectivity index (χ4n) is 6.54. The lowest BCUT2D eigenvalue weighted by atomic mass is 9.93. The molecular formula is C40H24N2O. The molecule has 0 radical (unpaired) electrons. The van der Waals surface area contributed by atoms with Gasteiger partial charge in [0.25, 0.3) is 0 Å². The fourth-order valence-corrected chi connectivity index (χ4v) is 6.54. The second-order valence-electron chi connectivity index (χ2n) is 10.9. The zero-order chi connectivity index (χ0) is 28.3. The largest absolute Gasteiger partial charge is 0.455 e. The van der Waals surface area contributed by atoms with Crippen molar-refractivity contribution >= 4 is 54.3 Å². The van der Waals surface area contributed by atoms with E-state index in [-0.39, 0.29) is 0 Å². The van der Waals surface area contributed by atoms with Crippen molar-refractivity contribution < 1.29 is 4.42 Å². The maximum atomic E-state index is 6.76. The van der Waals surface area contributed by atoms with Crippen LogP contribution in [0, 0.1) is 0 Å². The number of nitrogens with zero attached hydrogens (tertiary/aromatic N) is 2. The fraction of sp³-hybridized carbons (Fsp3) is 0. The summed E-state index contributed by atoms with van der Waals surface area (Å²) in [6, 6.07) is 50.6. The molecule has 2 heterocycles. The topological polar surface area (TPSA) is 38.9 Å². The first-order valence-electron chi connectivity index (χ1n) is 14.5. The normalized spacial score (nSPS) is 11.7. The zero-order valence-electron chi connectivity index (χ0n) is 23.2. The molecule has 0 atom stereocenters. The van der Waals surface area contributed by atoms with Crippen LogP contribution in [0.2, 0.25) is 0 Å². The molecule has 0 N–H and O–H groups in total. The van der Waals surface area contributed by atoms with Crippen molar-refractivity contribution in [1.29, 1.82) is 0 Å². The van der Waals surface area contributed by atoms with Gasteiger partial charge in [-0.05, 0) is 45.1 Å². The molecule has 200 valence electrons. The number of hydrogen-bond acceptors (Lipinski definition) is 3. The van der Waals surface area contributed by atoms with Crippen LogP contribution in [0.3, 0.4) is 0 Å². The maximum Gasteiger partial charge on any atom is 0.161 e. The van der Waals surface area contributed by atoms with Gasteiger partial charge in [-0.25, -0.2) is 9.97 Å². The smallest absolute Gasteiger partial charge is 0.161 e. The SMILES string of the molecule is c1ccc(-c2cc(-c3ccccc3)nc(-c3cccc4oc5c(ccc6c7ccccc7c7ccccc7c65)c34)n2)cc1. The molecule has 0 saturated carbocycles. The van der Waals surface area contributed by atoms with E-state index >= 15 is 0 Å². The molecule has 0 spiro atoms. The molecule has 9 aromatic rings. The Hall–Kier alpha value is -5.80. The van der Waals surface area contributed by atoms with Gasteiger partial charge in [0.1, 0.15) is 11.2 Å². The van der Waals surface area contributed by atoms with Gasteiger partial charge in [-0.3, -0.25) is 0 Å². The molecule has 0 saturated heterocycles. The Kier molecular flexibility index (Phi) is 5.20. The molecule has 7 aromatic carbocycles. The summed E-state index contributed by atoms with van der Waals surface area (Å²) in [6.45, 7) is 0. The molecule has 0 amide bonds. The van der Waals surface area contributed by atoms with Gasteiger partial charge < -0.3 is 4.42 Å². The molecule has 43 heavy (non-hydrogen) atoms. The van der Waals surface area contributed by atoms with Gasteiger partial charge >= 0.3 is 0 Å². The molecule has 0 aliphatic heterocycles. The first kappa shape index (κ1) is 23.9. The van der Waals surface area contributed by atoms with Crippen LogP contribution < -0.4 is 0 Å². The average molecular weight is 549 g/mol. The van der Waals surface area contributed by atoms with E-state index in [1.54, 1.807) is 0 Å². The van der Waals surface area contributed by atoms with E-state index in [1.165, 1.54) is 26.9 Å². The minimum atomic E-state index is 0.678. The van der Waals surface area contributed by atoms with Crippen LogP contribution in [0.1, 0.15) is 0 Å². The predicted molar refractivity (Wildman–Crippen MR) is 178 cm³/mol. The Morgan fingerprint density at radius 1 is 0.395 bits per heavy atom. The second-order valence-corrected chi connectivity index (χ2v) is 10.9. The van der Waals surface area contributed by atoms with Crippen molar-refractivity contribution in [1.82, 2.24) is 9.97 Å². The summed E-state index contributed by atoms with van der Waals surface area (Å²) in [4.78, 5) is 10.3. The number of benzene rings is 7. The molecule has 9 rings (SSSR count). The quantitative estimate of drug-likeness (QED) is 0.206. The van der Waals surface area contributed by atoms with E-state index in [4.69, 9.17) is 14.4 Å².